The number of phenolic OH excluding ortho intramolecular Hbond substituents is 1. The molecule has 0 amide bonds. The topological polar surface area (TPSA) is 87.4 Å². The second-order valence-electron chi connectivity index (χ2n) is 5.65. The lowest BCUT2D eigenvalue weighted by molar-refractivity contribution is -0.421. The first-order valence-corrected chi connectivity index (χ1v) is 6.29. The van der Waals surface area contributed by atoms with Gasteiger partial charge in [-0.25, -0.2) is 0 Å². The van der Waals surface area contributed by atoms with Gasteiger partial charge in [-0.15, -0.1) is 4.92 Å². The highest BCUT2D eigenvalue weighted by Gasteiger charge is 2.19. The van der Waals surface area contributed by atoms with Crippen LogP contribution in [0.25, 0.3) is 0 Å². The number of aromatic hydroxyl groups is 1. The zero-order valence-electron chi connectivity index (χ0n) is 12.1. The van der Waals surface area contributed by atoms with Gasteiger partial charge in [0, 0.05) is 11.7 Å². The van der Waals surface area contributed by atoms with E-state index < -0.39 is 4.92 Å². The van der Waals surface area contributed by atoms with Gasteiger partial charge in [0.1, 0.15) is 5.75 Å². The average Bonchev–Trinajstić information content (AvgIpc) is 2.30. The highest BCUT2D eigenvalue weighted by molar-refractivity contribution is 5.49. The number of nitrogens with zero attached hydrogens (tertiary/aromatic N) is 1. The van der Waals surface area contributed by atoms with Gasteiger partial charge in [-0.3, -0.25) is 10.1 Å². The van der Waals surface area contributed by atoms with E-state index in [1.807, 2.05) is 27.7 Å². The van der Waals surface area contributed by atoms with Gasteiger partial charge < -0.3 is 15.7 Å². The molecule has 0 aliphatic heterocycles. The third kappa shape index (κ3) is 5.17. The lowest BCUT2D eigenvalue weighted by atomic mass is 9.88. The Morgan fingerprint density at radius 3 is 2.35 bits per heavy atom. The summed E-state index contributed by atoms with van der Waals surface area (Å²) in [4.78, 5) is 10.0. The summed E-state index contributed by atoms with van der Waals surface area (Å²) in [6, 6.07) is 6.26. The SMILES string of the molecule is CC(NC(=[C-][N+](=O)[O-])Nc1ccc(O)cc1)C(C)(C)C. The molecular formula is C14H20N3O3-. The van der Waals surface area contributed by atoms with E-state index in [-0.39, 0.29) is 23.0 Å². The van der Waals surface area contributed by atoms with Crippen molar-refractivity contribution >= 4 is 5.69 Å². The summed E-state index contributed by atoms with van der Waals surface area (Å²) in [5.74, 6) is 0.318. The first-order chi connectivity index (χ1) is 9.18. The summed E-state index contributed by atoms with van der Waals surface area (Å²) >= 11 is 0. The van der Waals surface area contributed by atoms with Crippen LogP contribution < -0.4 is 10.6 Å². The van der Waals surface area contributed by atoms with E-state index in [2.05, 4.69) is 16.8 Å². The molecule has 6 nitrogen and oxygen atoms in total. The third-order valence-electron chi connectivity index (χ3n) is 3.00. The maximum atomic E-state index is 10.6. The van der Waals surface area contributed by atoms with Crippen LogP contribution >= 0.6 is 0 Å². The number of hydrogen-bond donors (Lipinski definition) is 3. The van der Waals surface area contributed by atoms with Crippen molar-refractivity contribution in [2.45, 2.75) is 33.7 Å². The molecule has 1 rings (SSSR count). The lowest BCUT2D eigenvalue weighted by Gasteiger charge is -2.32. The van der Waals surface area contributed by atoms with E-state index in [4.69, 9.17) is 0 Å². The molecule has 6 heteroatoms. The van der Waals surface area contributed by atoms with Crippen molar-refractivity contribution in [2.24, 2.45) is 5.41 Å². The Bertz CT molecular complexity index is 489. The molecule has 0 radical (unpaired) electrons. The van der Waals surface area contributed by atoms with Crippen LogP contribution in [-0.4, -0.2) is 16.1 Å². The van der Waals surface area contributed by atoms with E-state index in [0.717, 1.165) is 0 Å². The molecule has 0 saturated heterocycles. The standard InChI is InChI=1S/C14H20N3O3/c1-10(14(2,3)4)15-13(9-17(19)20)16-11-5-7-12(18)8-6-11/h5-8,10,15-16,18H,1-4H3/q-1. The molecule has 3 N–H and O–H groups in total. The number of nitrogens with one attached hydrogen (secondary N) is 2. The molecule has 1 unspecified atom stereocenters. The summed E-state index contributed by atoms with van der Waals surface area (Å²) < 4.78 is 0. The molecule has 0 bridgehead atoms. The number of anilines is 1. The summed E-state index contributed by atoms with van der Waals surface area (Å²) in [5.41, 5.74) is 0.570. The Hall–Kier alpha value is -2.24. The van der Waals surface area contributed by atoms with Crippen molar-refractivity contribution in [2.75, 3.05) is 5.32 Å². The van der Waals surface area contributed by atoms with Crippen LogP contribution in [0.4, 0.5) is 5.69 Å². The Morgan fingerprint density at radius 2 is 1.90 bits per heavy atom. The molecule has 20 heavy (non-hydrogen) atoms. The molecule has 0 aromatic heterocycles. The first-order valence-electron chi connectivity index (χ1n) is 6.29. The fourth-order valence-electron chi connectivity index (χ4n) is 1.31. The smallest absolute Gasteiger partial charge is 0.115 e. The molecule has 1 atom stereocenters. The Kier molecular flexibility index (Phi) is 4.96. The van der Waals surface area contributed by atoms with Crippen LogP contribution in [0.1, 0.15) is 27.7 Å². The number of rotatable bonds is 5. The van der Waals surface area contributed by atoms with Crippen molar-refractivity contribution in [3.05, 3.63) is 46.4 Å². The number of nitro groups is 1. The Balaban J connectivity index is 2.86. The molecule has 0 spiro atoms. The Morgan fingerprint density at radius 1 is 1.35 bits per heavy atom. The third-order valence-corrected chi connectivity index (χ3v) is 3.00. The lowest BCUT2D eigenvalue weighted by Crippen LogP contribution is -2.39. The molecule has 0 saturated carbocycles. The van der Waals surface area contributed by atoms with Gasteiger partial charge in [-0.2, -0.15) is 0 Å². The Labute approximate surface area is 118 Å². The van der Waals surface area contributed by atoms with Gasteiger partial charge >= 0.3 is 0 Å². The predicted molar refractivity (Wildman–Crippen MR) is 77.5 cm³/mol. The highest BCUT2D eigenvalue weighted by Crippen LogP contribution is 2.20. The van der Waals surface area contributed by atoms with Crippen molar-refractivity contribution in [1.82, 2.24) is 5.32 Å². The molecule has 0 heterocycles. The summed E-state index contributed by atoms with van der Waals surface area (Å²) in [7, 11) is 0. The van der Waals surface area contributed by atoms with E-state index in [1.54, 1.807) is 12.1 Å². The van der Waals surface area contributed by atoms with Gasteiger partial charge in [0.2, 0.25) is 0 Å². The zero-order valence-corrected chi connectivity index (χ0v) is 12.1. The summed E-state index contributed by atoms with van der Waals surface area (Å²) in [5, 5.41) is 25.8. The maximum absolute atomic E-state index is 10.6. The van der Waals surface area contributed by atoms with Crippen molar-refractivity contribution in [1.29, 1.82) is 0 Å². The van der Waals surface area contributed by atoms with Crippen molar-refractivity contribution in [3.8, 4) is 5.75 Å². The van der Waals surface area contributed by atoms with Crippen LogP contribution in [0, 0.1) is 21.7 Å². The summed E-state index contributed by atoms with van der Waals surface area (Å²) in [6.07, 6.45) is 2.10. The number of benzene rings is 1. The molecule has 1 aromatic rings. The van der Waals surface area contributed by atoms with Crippen molar-refractivity contribution in [3.63, 3.8) is 0 Å². The minimum atomic E-state index is -0.634. The van der Waals surface area contributed by atoms with Crippen LogP contribution in [0.15, 0.2) is 30.1 Å². The van der Waals surface area contributed by atoms with E-state index in [1.165, 1.54) is 12.1 Å². The highest BCUT2D eigenvalue weighted by atomic mass is 16.6. The van der Waals surface area contributed by atoms with E-state index >= 15 is 0 Å². The average molecular weight is 278 g/mol. The fraction of sp³-hybridized carbons (Fsp3) is 0.429. The van der Waals surface area contributed by atoms with Crippen LogP contribution in [0.2, 0.25) is 0 Å². The number of phenols is 1. The fourth-order valence-corrected chi connectivity index (χ4v) is 1.31. The molecular weight excluding hydrogens is 258 g/mol. The predicted octanol–water partition coefficient (Wildman–Crippen LogP) is 2.71. The second-order valence-corrected chi connectivity index (χ2v) is 5.65. The zero-order chi connectivity index (χ0) is 15.3. The van der Waals surface area contributed by atoms with Crippen LogP contribution in [0.5, 0.6) is 5.75 Å². The van der Waals surface area contributed by atoms with Gasteiger partial charge in [0.15, 0.2) is 0 Å². The number of hydrogen-bond acceptors (Lipinski definition) is 5. The normalized spacial score (nSPS) is 13.7. The maximum Gasteiger partial charge on any atom is 0.115 e. The van der Waals surface area contributed by atoms with Crippen LogP contribution in [-0.2, 0) is 0 Å². The monoisotopic (exact) mass is 278 g/mol. The van der Waals surface area contributed by atoms with E-state index in [0.29, 0.717) is 5.69 Å². The van der Waals surface area contributed by atoms with Gasteiger partial charge in [-0.05, 0) is 42.4 Å². The van der Waals surface area contributed by atoms with Crippen LogP contribution in [0.3, 0.4) is 0 Å². The molecule has 0 aliphatic rings. The van der Waals surface area contributed by atoms with Gasteiger partial charge in [0.05, 0.1) is 0 Å². The molecule has 0 aliphatic carbocycles. The van der Waals surface area contributed by atoms with E-state index in [9.17, 15) is 15.2 Å². The van der Waals surface area contributed by atoms with Gasteiger partial charge in [0.25, 0.3) is 0 Å². The van der Waals surface area contributed by atoms with Gasteiger partial charge in [-0.1, -0.05) is 27.0 Å². The molecule has 110 valence electrons. The second kappa shape index (κ2) is 6.27. The first kappa shape index (κ1) is 15.8. The van der Waals surface area contributed by atoms with Crippen molar-refractivity contribution < 1.29 is 10.0 Å². The minimum absolute atomic E-state index is 0.00886. The quantitative estimate of drug-likeness (QED) is 0.253. The largest absolute Gasteiger partial charge is 0.508 e. The molecule has 0 fully saturated rings. The minimum Gasteiger partial charge on any atom is -0.508 e. The summed E-state index contributed by atoms with van der Waals surface area (Å²) in [6.45, 7) is 8.05. The molecule has 1 aromatic carbocycles.